The molecule has 0 aliphatic rings. The lowest BCUT2D eigenvalue weighted by atomic mass is 10.3. The molecule has 0 radical (unpaired) electrons. The van der Waals surface area contributed by atoms with Crippen LogP contribution in [0, 0.1) is 0 Å². The molecule has 2 rings (SSSR count). The molecule has 0 unspecified atom stereocenters. The summed E-state index contributed by atoms with van der Waals surface area (Å²) < 4.78 is 16.2. The largest absolute Gasteiger partial charge is 0.493 e. The van der Waals surface area contributed by atoms with Crippen molar-refractivity contribution in [3.63, 3.8) is 0 Å². The first-order valence-corrected chi connectivity index (χ1v) is 7.50. The lowest BCUT2D eigenvalue weighted by Crippen LogP contribution is -2.29. The number of rotatable bonds is 9. The van der Waals surface area contributed by atoms with Crippen molar-refractivity contribution in [2.75, 3.05) is 26.9 Å². The Morgan fingerprint density at radius 1 is 0.913 bits per heavy atom. The van der Waals surface area contributed by atoms with Crippen molar-refractivity contribution >= 4 is 5.91 Å². The number of para-hydroxylation sites is 3. The Kier molecular flexibility index (Phi) is 6.78. The van der Waals surface area contributed by atoms with Crippen LogP contribution in [0.4, 0.5) is 0 Å². The van der Waals surface area contributed by atoms with Gasteiger partial charge in [0.15, 0.2) is 11.5 Å². The van der Waals surface area contributed by atoms with E-state index in [0.717, 1.165) is 5.75 Å². The van der Waals surface area contributed by atoms with Crippen LogP contribution < -0.4 is 19.5 Å². The molecule has 5 heteroatoms. The number of hydrogen-bond acceptors (Lipinski definition) is 4. The van der Waals surface area contributed by atoms with E-state index in [1.807, 2.05) is 54.6 Å². The normalized spacial score (nSPS) is 9.96. The molecule has 0 aliphatic carbocycles. The molecule has 5 nitrogen and oxygen atoms in total. The Bertz CT molecular complexity index is 601. The molecule has 2 aromatic carbocycles. The summed E-state index contributed by atoms with van der Waals surface area (Å²) in [4.78, 5) is 11.7. The van der Waals surface area contributed by atoms with E-state index in [4.69, 9.17) is 14.2 Å². The van der Waals surface area contributed by atoms with Crippen LogP contribution in [0.15, 0.2) is 54.6 Å². The molecule has 0 heterocycles. The highest BCUT2D eigenvalue weighted by molar-refractivity contribution is 5.75. The minimum Gasteiger partial charge on any atom is -0.493 e. The van der Waals surface area contributed by atoms with Crippen molar-refractivity contribution < 1.29 is 19.0 Å². The zero-order chi connectivity index (χ0) is 16.3. The molecule has 0 spiro atoms. The number of hydrogen-bond donors (Lipinski definition) is 1. The molecular formula is C18H21NO4. The fourth-order valence-electron chi connectivity index (χ4n) is 1.96. The van der Waals surface area contributed by atoms with Crippen molar-refractivity contribution in [2.45, 2.75) is 6.42 Å². The van der Waals surface area contributed by atoms with Gasteiger partial charge in [-0.15, -0.1) is 0 Å². The smallest absolute Gasteiger partial charge is 0.223 e. The summed E-state index contributed by atoms with van der Waals surface area (Å²) in [6.45, 7) is 1.16. The number of carbonyl (C=O) groups excluding carboxylic acids is 1. The van der Waals surface area contributed by atoms with E-state index in [-0.39, 0.29) is 5.91 Å². The Balaban J connectivity index is 1.59. The van der Waals surface area contributed by atoms with E-state index in [1.54, 1.807) is 7.11 Å². The van der Waals surface area contributed by atoms with Crippen LogP contribution >= 0.6 is 0 Å². The van der Waals surface area contributed by atoms with Crippen molar-refractivity contribution in [3.8, 4) is 17.2 Å². The highest BCUT2D eigenvalue weighted by Crippen LogP contribution is 2.25. The standard InChI is InChI=1S/C18H21NO4/c1-21-16-9-5-6-10-17(16)23-14-12-19-18(20)11-13-22-15-7-3-2-4-8-15/h2-10H,11-14H2,1H3,(H,19,20). The molecule has 0 saturated heterocycles. The molecule has 0 saturated carbocycles. The summed E-state index contributed by atoms with van der Waals surface area (Å²) in [5.41, 5.74) is 0. The summed E-state index contributed by atoms with van der Waals surface area (Å²) >= 11 is 0. The number of carbonyl (C=O) groups is 1. The van der Waals surface area contributed by atoms with Gasteiger partial charge in [0.05, 0.1) is 26.7 Å². The molecule has 2 aromatic rings. The number of methoxy groups -OCH3 is 1. The summed E-state index contributed by atoms with van der Waals surface area (Å²) in [6.07, 6.45) is 0.309. The molecule has 0 bridgehead atoms. The molecule has 0 aromatic heterocycles. The predicted molar refractivity (Wildman–Crippen MR) is 88.1 cm³/mol. The van der Waals surface area contributed by atoms with Gasteiger partial charge in [0.1, 0.15) is 12.4 Å². The Labute approximate surface area is 136 Å². The van der Waals surface area contributed by atoms with E-state index >= 15 is 0 Å². The second kappa shape index (κ2) is 9.35. The summed E-state index contributed by atoms with van der Waals surface area (Å²) in [5, 5.41) is 2.79. The summed E-state index contributed by atoms with van der Waals surface area (Å²) in [5.74, 6) is 2.04. The third kappa shape index (κ3) is 5.90. The van der Waals surface area contributed by atoms with Crippen LogP contribution in [0.1, 0.15) is 6.42 Å². The third-order valence-corrected chi connectivity index (χ3v) is 3.09. The predicted octanol–water partition coefficient (Wildman–Crippen LogP) is 2.66. The van der Waals surface area contributed by atoms with E-state index in [1.165, 1.54) is 0 Å². The highest BCUT2D eigenvalue weighted by atomic mass is 16.5. The van der Waals surface area contributed by atoms with Crippen LogP contribution in [0.5, 0.6) is 17.2 Å². The monoisotopic (exact) mass is 315 g/mol. The van der Waals surface area contributed by atoms with Crippen molar-refractivity contribution in [1.82, 2.24) is 5.32 Å². The molecule has 122 valence electrons. The zero-order valence-electron chi connectivity index (χ0n) is 13.2. The number of benzene rings is 2. The number of amides is 1. The van der Waals surface area contributed by atoms with Gasteiger partial charge >= 0.3 is 0 Å². The minimum absolute atomic E-state index is 0.0652. The molecule has 0 fully saturated rings. The zero-order valence-corrected chi connectivity index (χ0v) is 13.2. The molecule has 1 amide bonds. The first kappa shape index (κ1) is 16.7. The first-order chi connectivity index (χ1) is 11.3. The molecule has 23 heavy (non-hydrogen) atoms. The van der Waals surface area contributed by atoms with Gasteiger partial charge in [-0.1, -0.05) is 30.3 Å². The van der Waals surface area contributed by atoms with Crippen LogP contribution in [0.3, 0.4) is 0 Å². The Morgan fingerprint density at radius 3 is 2.35 bits per heavy atom. The van der Waals surface area contributed by atoms with E-state index in [2.05, 4.69) is 5.32 Å². The van der Waals surface area contributed by atoms with Crippen molar-refractivity contribution in [1.29, 1.82) is 0 Å². The molecule has 0 aliphatic heterocycles. The van der Waals surface area contributed by atoms with Crippen molar-refractivity contribution in [2.24, 2.45) is 0 Å². The SMILES string of the molecule is COc1ccccc1OCCNC(=O)CCOc1ccccc1. The van der Waals surface area contributed by atoms with E-state index < -0.39 is 0 Å². The fraction of sp³-hybridized carbons (Fsp3) is 0.278. The quantitative estimate of drug-likeness (QED) is 0.723. The third-order valence-electron chi connectivity index (χ3n) is 3.09. The van der Waals surface area contributed by atoms with Crippen LogP contribution in [-0.4, -0.2) is 32.8 Å². The minimum atomic E-state index is -0.0652. The van der Waals surface area contributed by atoms with E-state index in [9.17, 15) is 4.79 Å². The Hall–Kier alpha value is -2.69. The van der Waals surface area contributed by atoms with Crippen molar-refractivity contribution in [3.05, 3.63) is 54.6 Å². The first-order valence-electron chi connectivity index (χ1n) is 7.50. The van der Waals surface area contributed by atoms with Crippen LogP contribution in [0.2, 0.25) is 0 Å². The number of nitrogens with one attached hydrogen (secondary N) is 1. The fourth-order valence-corrected chi connectivity index (χ4v) is 1.96. The molecule has 0 atom stereocenters. The lowest BCUT2D eigenvalue weighted by Gasteiger charge is -2.11. The summed E-state index contributed by atoms with van der Waals surface area (Å²) in [7, 11) is 1.59. The number of ether oxygens (including phenoxy) is 3. The van der Waals surface area contributed by atoms with Gasteiger partial charge in [0.25, 0.3) is 0 Å². The highest BCUT2D eigenvalue weighted by Gasteiger charge is 2.04. The second-order valence-electron chi connectivity index (χ2n) is 4.76. The van der Waals surface area contributed by atoms with Crippen LogP contribution in [-0.2, 0) is 4.79 Å². The van der Waals surface area contributed by atoms with Crippen LogP contribution in [0.25, 0.3) is 0 Å². The summed E-state index contributed by atoms with van der Waals surface area (Å²) in [6, 6.07) is 16.8. The molecule has 1 N–H and O–H groups in total. The van der Waals surface area contributed by atoms with Gasteiger partial charge in [-0.2, -0.15) is 0 Å². The van der Waals surface area contributed by atoms with Gasteiger partial charge in [-0.3, -0.25) is 4.79 Å². The lowest BCUT2D eigenvalue weighted by molar-refractivity contribution is -0.121. The van der Waals surface area contributed by atoms with Gasteiger partial charge in [-0.05, 0) is 24.3 Å². The topological polar surface area (TPSA) is 56.8 Å². The average Bonchev–Trinajstić information content (AvgIpc) is 2.60. The Morgan fingerprint density at radius 2 is 1.61 bits per heavy atom. The average molecular weight is 315 g/mol. The maximum Gasteiger partial charge on any atom is 0.223 e. The van der Waals surface area contributed by atoms with Gasteiger partial charge in [-0.25, -0.2) is 0 Å². The van der Waals surface area contributed by atoms with Gasteiger partial charge < -0.3 is 19.5 Å². The van der Waals surface area contributed by atoms with Gasteiger partial charge in [0, 0.05) is 0 Å². The van der Waals surface area contributed by atoms with E-state index in [0.29, 0.717) is 37.7 Å². The maximum absolute atomic E-state index is 11.7. The second-order valence-corrected chi connectivity index (χ2v) is 4.76. The van der Waals surface area contributed by atoms with Gasteiger partial charge in [0.2, 0.25) is 5.91 Å². The molecular weight excluding hydrogens is 294 g/mol. The maximum atomic E-state index is 11.7.